The molecule has 8 heteroatoms. The molecule has 2 atom stereocenters. The predicted molar refractivity (Wildman–Crippen MR) is 81.6 cm³/mol. The highest BCUT2D eigenvalue weighted by molar-refractivity contribution is 5.69. The van der Waals surface area contributed by atoms with Crippen LogP contribution < -0.4 is 11.2 Å². The van der Waals surface area contributed by atoms with E-state index in [2.05, 4.69) is 14.9 Å². The average Bonchev–Trinajstić information content (AvgIpc) is 3.10. The number of nitrogens with zero attached hydrogens (tertiary/aromatic N) is 4. The molecule has 3 rings (SSSR count). The predicted octanol–water partition coefficient (Wildman–Crippen LogP) is -0.837. The number of imidazole rings is 1. The summed E-state index contributed by atoms with van der Waals surface area (Å²) in [6.45, 7) is 4.10. The van der Waals surface area contributed by atoms with E-state index in [0.717, 1.165) is 24.1 Å². The van der Waals surface area contributed by atoms with Crippen LogP contribution in [0.1, 0.15) is 19.2 Å². The van der Waals surface area contributed by atoms with Crippen LogP contribution in [0.3, 0.4) is 0 Å². The van der Waals surface area contributed by atoms with Crippen LogP contribution in [0, 0.1) is 5.92 Å². The van der Waals surface area contributed by atoms with Crippen molar-refractivity contribution in [3.05, 3.63) is 26.7 Å². The second kappa shape index (κ2) is 5.36. The Kier molecular flexibility index (Phi) is 3.65. The van der Waals surface area contributed by atoms with Crippen molar-refractivity contribution < 1.29 is 5.11 Å². The Bertz CT molecular complexity index is 816. The van der Waals surface area contributed by atoms with Gasteiger partial charge in [0.2, 0.25) is 0 Å². The lowest BCUT2D eigenvalue weighted by molar-refractivity contribution is 0.127. The largest absolute Gasteiger partial charge is 0.393 e. The van der Waals surface area contributed by atoms with Gasteiger partial charge in [-0.3, -0.25) is 18.8 Å². The molecular weight excluding hydrogens is 286 g/mol. The van der Waals surface area contributed by atoms with Gasteiger partial charge in [-0.2, -0.15) is 0 Å². The van der Waals surface area contributed by atoms with Gasteiger partial charge in [-0.1, -0.05) is 0 Å². The number of hydrogen-bond acceptors (Lipinski definition) is 5. The minimum atomic E-state index is -0.383. The molecule has 0 bridgehead atoms. The van der Waals surface area contributed by atoms with Crippen molar-refractivity contribution in [3.63, 3.8) is 0 Å². The van der Waals surface area contributed by atoms with Gasteiger partial charge >= 0.3 is 5.69 Å². The SMILES string of the molecule is CC(O)C1CCN(Cc2nc3c([nH]2)c(=O)n(C)c(=O)n3C)C1. The van der Waals surface area contributed by atoms with E-state index in [1.165, 1.54) is 11.6 Å². The third kappa shape index (κ3) is 2.38. The minimum Gasteiger partial charge on any atom is -0.393 e. The zero-order valence-corrected chi connectivity index (χ0v) is 13.0. The molecule has 0 saturated carbocycles. The molecule has 0 aliphatic carbocycles. The number of hydrogen-bond donors (Lipinski definition) is 2. The molecule has 2 N–H and O–H groups in total. The molecule has 3 heterocycles. The van der Waals surface area contributed by atoms with Crippen molar-refractivity contribution in [3.8, 4) is 0 Å². The first kappa shape index (κ1) is 15.0. The third-order valence-corrected chi connectivity index (χ3v) is 4.51. The molecule has 1 saturated heterocycles. The summed E-state index contributed by atoms with van der Waals surface area (Å²) < 4.78 is 2.45. The molecule has 1 aliphatic heterocycles. The van der Waals surface area contributed by atoms with Crippen LogP contribution in [0.2, 0.25) is 0 Å². The number of likely N-dealkylation sites (tertiary alicyclic amines) is 1. The van der Waals surface area contributed by atoms with Gasteiger partial charge in [0.05, 0.1) is 12.6 Å². The Morgan fingerprint density at radius 1 is 1.36 bits per heavy atom. The Morgan fingerprint density at radius 3 is 2.73 bits per heavy atom. The summed E-state index contributed by atoms with van der Waals surface area (Å²) in [6.07, 6.45) is 0.645. The molecule has 2 unspecified atom stereocenters. The Morgan fingerprint density at radius 2 is 2.09 bits per heavy atom. The van der Waals surface area contributed by atoms with E-state index < -0.39 is 0 Å². The lowest BCUT2D eigenvalue weighted by atomic mass is 10.0. The smallest absolute Gasteiger partial charge is 0.332 e. The van der Waals surface area contributed by atoms with E-state index in [1.807, 2.05) is 6.92 Å². The first-order valence-corrected chi connectivity index (χ1v) is 7.43. The molecule has 120 valence electrons. The molecule has 22 heavy (non-hydrogen) atoms. The van der Waals surface area contributed by atoms with Gasteiger partial charge in [-0.25, -0.2) is 9.78 Å². The summed E-state index contributed by atoms with van der Waals surface area (Å²) in [5.74, 6) is 0.946. The van der Waals surface area contributed by atoms with Crippen LogP contribution >= 0.6 is 0 Å². The number of H-pyrrole nitrogens is 1. The molecule has 1 fully saturated rings. The van der Waals surface area contributed by atoms with Gasteiger partial charge in [0.25, 0.3) is 5.56 Å². The number of nitrogens with one attached hydrogen (secondary N) is 1. The number of aryl methyl sites for hydroxylation is 1. The zero-order valence-electron chi connectivity index (χ0n) is 13.0. The maximum Gasteiger partial charge on any atom is 0.332 e. The summed E-state index contributed by atoms with van der Waals surface area (Å²) in [6, 6.07) is 0. The second-order valence-electron chi connectivity index (χ2n) is 6.11. The van der Waals surface area contributed by atoms with Crippen molar-refractivity contribution in [2.75, 3.05) is 13.1 Å². The summed E-state index contributed by atoms with van der Waals surface area (Å²) in [7, 11) is 3.06. The maximum atomic E-state index is 12.1. The molecule has 2 aromatic heterocycles. The highest BCUT2D eigenvalue weighted by atomic mass is 16.3. The summed E-state index contributed by atoms with van der Waals surface area (Å²) >= 11 is 0. The van der Waals surface area contributed by atoms with E-state index in [1.54, 1.807) is 7.05 Å². The van der Waals surface area contributed by atoms with E-state index >= 15 is 0 Å². The van der Waals surface area contributed by atoms with Gasteiger partial charge in [0.1, 0.15) is 11.3 Å². The molecule has 0 amide bonds. The minimum absolute atomic E-state index is 0.279. The van der Waals surface area contributed by atoms with Crippen LogP contribution in [-0.4, -0.2) is 48.3 Å². The van der Waals surface area contributed by atoms with Crippen LogP contribution in [0.15, 0.2) is 9.59 Å². The topological polar surface area (TPSA) is 96.2 Å². The van der Waals surface area contributed by atoms with E-state index in [4.69, 9.17) is 0 Å². The van der Waals surface area contributed by atoms with Crippen molar-refractivity contribution in [1.29, 1.82) is 0 Å². The number of rotatable bonds is 3. The van der Waals surface area contributed by atoms with Crippen molar-refractivity contribution in [2.24, 2.45) is 20.0 Å². The van der Waals surface area contributed by atoms with Gasteiger partial charge in [-0.15, -0.1) is 0 Å². The van der Waals surface area contributed by atoms with Crippen molar-refractivity contribution >= 4 is 11.2 Å². The van der Waals surface area contributed by atoms with Gasteiger partial charge in [-0.05, 0) is 25.8 Å². The standard InChI is InChI=1S/C14H21N5O3/c1-8(20)9-4-5-19(6-9)7-10-15-11-12(16-10)17(2)14(22)18(3)13(11)21/h8-9,20H,4-7H2,1-3H3,(H,15,16). The molecule has 0 aromatic carbocycles. The fourth-order valence-electron chi connectivity index (χ4n) is 3.06. The fourth-order valence-corrected chi connectivity index (χ4v) is 3.06. The third-order valence-electron chi connectivity index (χ3n) is 4.51. The fraction of sp³-hybridized carbons (Fsp3) is 0.643. The Balaban J connectivity index is 1.91. The first-order chi connectivity index (χ1) is 10.4. The van der Waals surface area contributed by atoms with E-state index in [-0.39, 0.29) is 23.3 Å². The highest BCUT2D eigenvalue weighted by Gasteiger charge is 2.26. The molecule has 1 aliphatic rings. The number of aromatic amines is 1. The lowest BCUT2D eigenvalue weighted by Crippen LogP contribution is -2.36. The lowest BCUT2D eigenvalue weighted by Gasteiger charge is -2.15. The number of aliphatic hydroxyl groups is 1. The average molecular weight is 307 g/mol. The van der Waals surface area contributed by atoms with Crippen molar-refractivity contribution in [1.82, 2.24) is 24.0 Å². The van der Waals surface area contributed by atoms with Gasteiger partial charge < -0.3 is 10.1 Å². The van der Waals surface area contributed by atoms with Crippen LogP contribution in [-0.2, 0) is 20.6 Å². The molecular formula is C14H21N5O3. The summed E-state index contributed by atoms with van der Waals surface area (Å²) in [4.78, 5) is 33.7. The Labute approximate surface area is 127 Å². The number of fused-ring (bicyclic) bond motifs is 1. The normalized spacial score (nSPS) is 20.8. The van der Waals surface area contributed by atoms with Gasteiger partial charge in [0, 0.05) is 20.6 Å². The monoisotopic (exact) mass is 307 g/mol. The van der Waals surface area contributed by atoms with E-state index in [9.17, 15) is 14.7 Å². The second-order valence-corrected chi connectivity index (χ2v) is 6.11. The van der Waals surface area contributed by atoms with Gasteiger partial charge in [0.15, 0.2) is 5.65 Å². The number of aromatic nitrogens is 4. The molecule has 2 aromatic rings. The molecule has 8 nitrogen and oxygen atoms in total. The first-order valence-electron chi connectivity index (χ1n) is 7.43. The number of aliphatic hydroxyl groups excluding tert-OH is 1. The Hall–Kier alpha value is -1.93. The quantitative estimate of drug-likeness (QED) is 0.771. The molecule has 0 radical (unpaired) electrons. The molecule has 0 spiro atoms. The summed E-state index contributed by atoms with van der Waals surface area (Å²) in [5, 5.41) is 9.65. The van der Waals surface area contributed by atoms with Crippen LogP contribution in [0.4, 0.5) is 0 Å². The van der Waals surface area contributed by atoms with Crippen LogP contribution in [0.25, 0.3) is 11.2 Å². The summed E-state index contributed by atoms with van der Waals surface area (Å²) in [5.41, 5.74) is -0.00809. The highest BCUT2D eigenvalue weighted by Crippen LogP contribution is 2.21. The zero-order chi connectivity index (χ0) is 16.0. The van der Waals surface area contributed by atoms with E-state index in [0.29, 0.717) is 23.5 Å². The van der Waals surface area contributed by atoms with Crippen molar-refractivity contribution in [2.45, 2.75) is 26.0 Å². The maximum absolute atomic E-state index is 12.1. The van der Waals surface area contributed by atoms with Crippen LogP contribution in [0.5, 0.6) is 0 Å².